The SMILES string of the molecule is Cc1ncsc1-c1ccc([C@H](C)NC(=O)[C@@H]2C[C@@H](O)CN2C(=O)[C@@H](NC(=O)c2ccc(OCCCNC(=O)CC3N=C(c4ccc(Cl)cc4)c4c(sc(C)c4C)-n4c(C)nnc43)cc2)C(C)(C)C)cc1. The number of aromatic nitrogens is 4. The first-order chi connectivity index (χ1) is 33.4. The Bertz CT molecular complexity index is 2920. The zero-order valence-electron chi connectivity index (χ0n) is 40.5. The number of rotatable bonds is 15. The number of nitrogens with zero attached hydrogens (tertiary/aromatic N) is 6. The number of aryl methyl sites for hydroxylation is 3. The third-order valence-corrected chi connectivity index (χ3v) is 15.2. The molecule has 4 amide bonds. The summed E-state index contributed by atoms with van der Waals surface area (Å²) in [7, 11) is 0. The first kappa shape index (κ1) is 50.1. The Morgan fingerprint density at radius 1 is 0.929 bits per heavy atom. The van der Waals surface area contributed by atoms with Crippen LogP contribution in [-0.4, -0.2) is 97.0 Å². The van der Waals surface area contributed by atoms with Crippen molar-refractivity contribution in [2.24, 2.45) is 10.4 Å². The quantitative estimate of drug-likeness (QED) is 0.0735. The molecule has 0 aliphatic carbocycles. The van der Waals surface area contributed by atoms with E-state index in [-0.39, 0.29) is 37.2 Å². The molecule has 1 saturated heterocycles. The largest absolute Gasteiger partial charge is 0.494 e. The van der Waals surface area contributed by atoms with Crippen LogP contribution in [0.3, 0.4) is 0 Å². The van der Waals surface area contributed by atoms with Crippen molar-refractivity contribution in [3.63, 3.8) is 0 Å². The summed E-state index contributed by atoms with van der Waals surface area (Å²) in [6, 6.07) is 19.2. The summed E-state index contributed by atoms with van der Waals surface area (Å²) in [5.74, 6) is 0.357. The molecule has 18 heteroatoms. The van der Waals surface area contributed by atoms with Gasteiger partial charge in [-0.05, 0) is 99.5 Å². The van der Waals surface area contributed by atoms with Crippen LogP contribution in [0.15, 0.2) is 83.3 Å². The van der Waals surface area contributed by atoms with Crippen LogP contribution in [0.1, 0.15) is 114 Å². The van der Waals surface area contributed by atoms with Gasteiger partial charge in [0.25, 0.3) is 5.91 Å². The van der Waals surface area contributed by atoms with Crippen molar-refractivity contribution in [3.05, 3.63) is 133 Å². The summed E-state index contributed by atoms with van der Waals surface area (Å²) >= 11 is 9.48. The van der Waals surface area contributed by atoms with Crippen LogP contribution in [0.5, 0.6) is 5.75 Å². The minimum atomic E-state index is -1.00. The molecule has 3 aromatic heterocycles. The first-order valence-corrected chi connectivity index (χ1v) is 25.4. The second-order valence-corrected chi connectivity index (χ2v) is 21.5. The molecule has 4 N–H and O–H groups in total. The number of fused-ring (bicyclic) bond motifs is 3. The Morgan fingerprint density at radius 3 is 2.30 bits per heavy atom. The molecule has 15 nitrogen and oxygen atoms in total. The molecule has 8 rings (SSSR count). The number of aliphatic hydroxyl groups is 1. The number of thiophene rings is 1. The Labute approximate surface area is 420 Å². The molecule has 0 radical (unpaired) electrons. The average molecular weight is 1000 g/mol. The number of amides is 4. The summed E-state index contributed by atoms with van der Waals surface area (Å²) in [5, 5.41) is 30.1. The molecule has 1 fully saturated rings. The smallest absolute Gasteiger partial charge is 0.251 e. The zero-order valence-corrected chi connectivity index (χ0v) is 42.9. The molecule has 2 aliphatic heterocycles. The third-order valence-electron chi connectivity index (χ3n) is 12.8. The summed E-state index contributed by atoms with van der Waals surface area (Å²) in [4.78, 5) is 68.3. The van der Waals surface area contributed by atoms with Crippen molar-refractivity contribution in [2.45, 2.75) is 105 Å². The number of benzene rings is 3. The van der Waals surface area contributed by atoms with Gasteiger partial charge in [0, 0.05) is 46.1 Å². The average Bonchev–Trinajstić information content (AvgIpc) is 4.10. The molecule has 3 aromatic carbocycles. The molecular formula is C52H58ClN9O6S2. The minimum absolute atomic E-state index is 0.0346. The van der Waals surface area contributed by atoms with E-state index in [2.05, 4.69) is 45.0 Å². The first-order valence-electron chi connectivity index (χ1n) is 23.3. The molecular weight excluding hydrogens is 946 g/mol. The number of hydrogen-bond acceptors (Lipinski definition) is 12. The number of ether oxygens (including phenoxy) is 1. The predicted molar refractivity (Wildman–Crippen MR) is 273 cm³/mol. The van der Waals surface area contributed by atoms with Crippen molar-refractivity contribution in [3.8, 4) is 21.2 Å². The highest BCUT2D eigenvalue weighted by Crippen LogP contribution is 2.40. The number of hydrogen-bond donors (Lipinski definition) is 4. The third kappa shape index (κ3) is 10.9. The number of carbonyl (C=O) groups is 4. The maximum atomic E-state index is 14.3. The summed E-state index contributed by atoms with van der Waals surface area (Å²) in [5.41, 5.74) is 8.06. The fourth-order valence-corrected chi connectivity index (χ4v) is 11.0. The van der Waals surface area contributed by atoms with Crippen molar-refractivity contribution in [2.75, 3.05) is 19.7 Å². The predicted octanol–water partition coefficient (Wildman–Crippen LogP) is 8.19. The van der Waals surface area contributed by atoms with Crippen LogP contribution in [0.4, 0.5) is 0 Å². The van der Waals surface area contributed by atoms with Gasteiger partial charge < -0.3 is 30.7 Å². The fraction of sp³-hybridized carbons (Fsp3) is 0.385. The molecule has 366 valence electrons. The number of aliphatic hydroxyl groups excluding tert-OH is 1. The molecule has 5 heterocycles. The number of carbonyl (C=O) groups excluding carboxylic acids is 4. The lowest BCUT2D eigenvalue weighted by Crippen LogP contribution is -2.57. The molecule has 0 saturated carbocycles. The lowest BCUT2D eigenvalue weighted by Gasteiger charge is -2.35. The van der Waals surface area contributed by atoms with E-state index in [9.17, 15) is 24.3 Å². The zero-order chi connectivity index (χ0) is 50.0. The van der Waals surface area contributed by atoms with Gasteiger partial charge in [0.2, 0.25) is 17.7 Å². The molecule has 6 aromatic rings. The lowest BCUT2D eigenvalue weighted by atomic mass is 9.85. The van der Waals surface area contributed by atoms with E-state index >= 15 is 0 Å². The van der Waals surface area contributed by atoms with E-state index in [0.717, 1.165) is 54.0 Å². The highest BCUT2D eigenvalue weighted by atomic mass is 35.5. The summed E-state index contributed by atoms with van der Waals surface area (Å²) < 4.78 is 7.98. The number of nitrogens with one attached hydrogen (secondary N) is 3. The van der Waals surface area contributed by atoms with Gasteiger partial charge in [-0.3, -0.25) is 28.7 Å². The standard InChI is InChI=1S/C52H58ClN9O6S2/c1-28-31(4)70-51-43(28)44(34-14-18-37(53)19-15-34)57-40(47-60-59-32(5)62(47)51)25-42(64)54-22-9-23-68-39-20-16-36(17-21-39)48(65)58-46(52(6,7)8)50(67)61-26-38(63)24-41(61)49(66)56-29(2)33-10-12-35(13-11-33)45-30(3)55-27-69-45/h10-21,27,29,38,40-41,46,63H,9,22-26H2,1-8H3,(H,54,64)(H,56,66)(H,58,65)/t29-,38+,40?,41-,46+/m0/s1. The lowest BCUT2D eigenvalue weighted by molar-refractivity contribution is -0.142. The van der Waals surface area contributed by atoms with Gasteiger partial charge in [0.1, 0.15) is 34.7 Å². The van der Waals surface area contributed by atoms with Crippen LogP contribution >= 0.6 is 34.3 Å². The highest BCUT2D eigenvalue weighted by molar-refractivity contribution is 7.15. The van der Waals surface area contributed by atoms with Gasteiger partial charge in [-0.2, -0.15) is 0 Å². The van der Waals surface area contributed by atoms with Gasteiger partial charge in [0.15, 0.2) is 5.82 Å². The van der Waals surface area contributed by atoms with Crippen LogP contribution < -0.4 is 20.7 Å². The molecule has 0 spiro atoms. The molecule has 2 aliphatic rings. The normalized spacial score (nSPS) is 17.4. The van der Waals surface area contributed by atoms with Gasteiger partial charge in [-0.25, -0.2) is 4.98 Å². The maximum Gasteiger partial charge on any atom is 0.251 e. The van der Waals surface area contributed by atoms with Crippen LogP contribution in [0.25, 0.3) is 15.4 Å². The topological polar surface area (TPSA) is 193 Å². The number of halogens is 1. The van der Waals surface area contributed by atoms with Crippen LogP contribution in [0, 0.1) is 33.1 Å². The van der Waals surface area contributed by atoms with Crippen molar-refractivity contribution in [1.29, 1.82) is 0 Å². The van der Waals surface area contributed by atoms with Gasteiger partial charge >= 0.3 is 0 Å². The monoisotopic (exact) mass is 1000 g/mol. The Balaban J connectivity index is 0.836. The van der Waals surface area contributed by atoms with Crippen molar-refractivity contribution >= 4 is 63.6 Å². The molecule has 0 bridgehead atoms. The molecule has 1 unspecified atom stereocenters. The Kier molecular flexibility index (Phi) is 15.0. The van der Waals surface area contributed by atoms with E-state index in [1.807, 2.05) is 100 Å². The minimum Gasteiger partial charge on any atom is -0.494 e. The van der Waals surface area contributed by atoms with E-state index < -0.39 is 41.5 Å². The maximum absolute atomic E-state index is 14.3. The number of thiazole rings is 1. The number of likely N-dealkylation sites (tertiary alicyclic amines) is 1. The molecule has 5 atom stereocenters. The van der Waals surface area contributed by atoms with E-state index in [1.54, 1.807) is 46.9 Å². The fourth-order valence-electron chi connectivity index (χ4n) is 8.80. The van der Waals surface area contributed by atoms with Crippen LogP contribution in [0.2, 0.25) is 5.02 Å². The van der Waals surface area contributed by atoms with Crippen LogP contribution in [-0.2, 0) is 14.4 Å². The summed E-state index contributed by atoms with van der Waals surface area (Å²) in [6.07, 6.45) is -0.238. The summed E-state index contributed by atoms with van der Waals surface area (Å²) in [6.45, 7) is 16.1. The number of β-amino-alcohol motifs (C(OH)–C–C–N with tert-alkyl or cyclic N) is 1. The van der Waals surface area contributed by atoms with Gasteiger partial charge in [0.05, 0.1) is 47.0 Å². The van der Waals surface area contributed by atoms with Crippen molar-refractivity contribution < 1.29 is 29.0 Å². The van der Waals surface area contributed by atoms with Crippen molar-refractivity contribution in [1.82, 2.24) is 40.6 Å². The van der Waals surface area contributed by atoms with Gasteiger partial charge in [-0.15, -0.1) is 32.9 Å². The van der Waals surface area contributed by atoms with E-state index in [0.29, 0.717) is 47.6 Å². The highest BCUT2D eigenvalue weighted by Gasteiger charge is 2.45. The molecule has 70 heavy (non-hydrogen) atoms. The van der Waals surface area contributed by atoms with E-state index in [1.165, 1.54) is 4.90 Å². The second kappa shape index (κ2) is 21.0. The Hall–Kier alpha value is -6.27. The number of aliphatic imine (C=N–C) groups is 1. The Morgan fingerprint density at radius 2 is 1.63 bits per heavy atom. The second-order valence-electron chi connectivity index (χ2n) is 19.0. The van der Waals surface area contributed by atoms with E-state index in [4.69, 9.17) is 21.3 Å². The van der Waals surface area contributed by atoms with Gasteiger partial charge in [-0.1, -0.05) is 68.8 Å².